The summed E-state index contributed by atoms with van der Waals surface area (Å²) in [5.41, 5.74) is -0.246. The maximum Gasteiger partial charge on any atom is 0.412 e. The predicted molar refractivity (Wildman–Crippen MR) is 100 cm³/mol. The number of fused-ring (bicyclic) bond motifs is 4. The van der Waals surface area contributed by atoms with Crippen molar-refractivity contribution >= 4 is 17.9 Å². The fourth-order valence-electron chi connectivity index (χ4n) is 5.24. The lowest BCUT2D eigenvalue weighted by Crippen LogP contribution is -2.38. The lowest BCUT2D eigenvalue weighted by atomic mass is 9.99. The highest BCUT2D eigenvalue weighted by molar-refractivity contribution is 6.21. The van der Waals surface area contributed by atoms with Crippen LogP contribution in [0.25, 0.3) is 0 Å². The van der Waals surface area contributed by atoms with Crippen molar-refractivity contribution in [2.75, 3.05) is 0 Å². The quantitative estimate of drug-likeness (QED) is 0.444. The van der Waals surface area contributed by atoms with Crippen LogP contribution in [0.15, 0.2) is 24.3 Å². The highest BCUT2D eigenvalue weighted by Gasteiger charge is 2.89. The van der Waals surface area contributed by atoms with E-state index in [4.69, 9.17) is 4.74 Å². The minimum atomic E-state index is -0.577. The van der Waals surface area contributed by atoms with E-state index in [1.54, 1.807) is 29.2 Å². The molecule has 1 unspecified atom stereocenters. The van der Waals surface area contributed by atoms with Crippen molar-refractivity contribution in [2.24, 2.45) is 0 Å². The molecule has 4 aliphatic rings. The van der Waals surface area contributed by atoms with Crippen molar-refractivity contribution in [1.29, 1.82) is 0 Å². The maximum absolute atomic E-state index is 13.0. The van der Waals surface area contributed by atoms with E-state index in [2.05, 4.69) is 6.92 Å². The van der Waals surface area contributed by atoms with Gasteiger partial charge in [-0.1, -0.05) is 38.3 Å². The Morgan fingerprint density at radius 1 is 1.07 bits per heavy atom. The molecule has 5 rings (SSSR count). The average molecular weight is 383 g/mol. The van der Waals surface area contributed by atoms with Crippen LogP contribution < -0.4 is 0 Å². The minimum Gasteiger partial charge on any atom is -0.443 e. The molecule has 28 heavy (non-hydrogen) atoms. The van der Waals surface area contributed by atoms with Gasteiger partial charge in [0.2, 0.25) is 0 Å². The van der Waals surface area contributed by atoms with Crippen LogP contribution in [-0.2, 0) is 4.74 Å². The van der Waals surface area contributed by atoms with Crippen molar-refractivity contribution in [1.82, 2.24) is 14.9 Å². The summed E-state index contributed by atoms with van der Waals surface area (Å²) in [5.74, 6) is -0.592. The lowest BCUT2D eigenvalue weighted by molar-refractivity contribution is -0.000597. The average Bonchev–Trinajstić information content (AvgIpc) is 3.46. The second-order valence-corrected chi connectivity index (χ2v) is 8.82. The third-order valence-corrected chi connectivity index (χ3v) is 6.52. The molecule has 0 aliphatic carbocycles. The predicted octanol–water partition coefficient (Wildman–Crippen LogP) is 3.16. The monoisotopic (exact) mass is 383 g/mol. The molecule has 7 nitrogen and oxygen atoms in total. The van der Waals surface area contributed by atoms with Gasteiger partial charge in [0, 0.05) is 6.42 Å². The van der Waals surface area contributed by atoms with Crippen LogP contribution in [0.1, 0.15) is 73.6 Å². The topological polar surface area (TPSA) is 69.7 Å². The molecule has 4 aliphatic heterocycles. The Morgan fingerprint density at radius 2 is 1.71 bits per heavy atom. The summed E-state index contributed by atoms with van der Waals surface area (Å²) < 4.78 is 5.58. The molecule has 0 N–H and O–H groups in total. The molecular formula is C21H25N3O4. The summed E-state index contributed by atoms with van der Waals surface area (Å²) >= 11 is 0. The highest BCUT2D eigenvalue weighted by atomic mass is 16.6. The molecule has 1 spiro atoms. The number of ether oxygens (including phenoxy) is 1. The highest BCUT2D eigenvalue weighted by Crippen LogP contribution is 2.67. The van der Waals surface area contributed by atoms with Gasteiger partial charge in [0.05, 0.1) is 23.2 Å². The van der Waals surface area contributed by atoms with Crippen molar-refractivity contribution in [3.63, 3.8) is 0 Å². The number of rotatable bonds is 5. The third kappa shape index (κ3) is 2.11. The molecule has 1 aromatic carbocycles. The second kappa shape index (κ2) is 5.56. The van der Waals surface area contributed by atoms with Crippen LogP contribution in [0, 0.1) is 0 Å². The Bertz CT molecular complexity index is 862. The molecule has 3 saturated heterocycles. The summed E-state index contributed by atoms with van der Waals surface area (Å²) in [6.07, 6.45) is 4.38. The number of nitrogens with zero attached hydrogens (tertiary/aromatic N) is 3. The van der Waals surface area contributed by atoms with Gasteiger partial charge in [-0.3, -0.25) is 14.5 Å². The Balaban J connectivity index is 1.48. The zero-order chi connectivity index (χ0) is 19.8. The SMILES string of the molecule is CCCCC[C@H]1N(N2C(=O)c3ccccc3C2=O)[C@]12[C@H]1CC(C)(C)OC(=O)N12. The Labute approximate surface area is 164 Å². The molecule has 7 heteroatoms. The van der Waals surface area contributed by atoms with Crippen molar-refractivity contribution in [2.45, 2.75) is 76.2 Å². The number of hydrogen-bond donors (Lipinski definition) is 0. The minimum absolute atomic E-state index is 0.0142. The number of unbranched alkanes of at least 4 members (excludes halogenated alkanes) is 2. The standard InChI is InChI=1S/C21H25N3O4/c1-4-5-6-11-15-21(16-12-20(2,3)28-19(27)22(16)21)24(15)23-17(25)13-9-7-8-10-14(13)18(23)26/h7-10,15-16H,4-6,11-12H2,1-3H3/t15-,16-,21+,22?,24?/m1/s1. The molecule has 3 amide bonds. The molecule has 0 bridgehead atoms. The van der Waals surface area contributed by atoms with Gasteiger partial charge in [0.15, 0.2) is 5.66 Å². The van der Waals surface area contributed by atoms with Gasteiger partial charge >= 0.3 is 6.09 Å². The summed E-state index contributed by atoms with van der Waals surface area (Å²) in [6.45, 7) is 5.97. The maximum atomic E-state index is 13.0. The van der Waals surface area contributed by atoms with Crippen LogP contribution in [-0.4, -0.2) is 56.2 Å². The number of carbonyl (C=O) groups is 3. The van der Waals surface area contributed by atoms with Gasteiger partial charge in [-0.05, 0) is 32.4 Å². The normalized spacial score (nSPS) is 34.4. The van der Waals surface area contributed by atoms with Gasteiger partial charge in [0.1, 0.15) is 5.60 Å². The van der Waals surface area contributed by atoms with E-state index >= 15 is 0 Å². The van der Waals surface area contributed by atoms with Gasteiger partial charge in [0.25, 0.3) is 11.8 Å². The van der Waals surface area contributed by atoms with Gasteiger partial charge in [-0.25, -0.2) is 4.79 Å². The first-order valence-electron chi connectivity index (χ1n) is 10.1. The fourth-order valence-corrected chi connectivity index (χ4v) is 5.24. The lowest BCUT2D eigenvalue weighted by Gasteiger charge is -2.28. The van der Waals surface area contributed by atoms with E-state index < -0.39 is 11.3 Å². The number of hydrazine groups is 1. The number of carbonyl (C=O) groups excluding carboxylic acids is 3. The second-order valence-electron chi connectivity index (χ2n) is 8.82. The summed E-state index contributed by atoms with van der Waals surface area (Å²) in [4.78, 5) is 40.4. The summed E-state index contributed by atoms with van der Waals surface area (Å²) in [7, 11) is 0. The van der Waals surface area contributed by atoms with E-state index in [1.807, 2.05) is 18.9 Å². The van der Waals surface area contributed by atoms with E-state index in [1.165, 1.54) is 5.01 Å². The van der Waals surface area contributed by atoms with Crippen molar-refractivity contribution in [3.8, 4) is 0 Å². The molecule has 1 aromatic rings. The number of hydrogen-bond acceptors (Lipinski definition) is 5. The van der Waals surface area contributed by atoms with E-state index in [-0.39, 0.29) is 30.0 Å². The third-order valence-electron chi connectivity index (χ3n) is 6.52. The van der Waals surface area contributed by atoms with E-state index in [9.17, 15) is 14.4 Å². The molecule has 0 radical (unpaired) electrons. The number of benzene rings is 1. The van der Waals surface area contributed by atoms with E-state index in [0.717, 1.165) is 25.7 Å². The van der Waals surface area contributed by atoms with Crippen molar-refractivity contribution < 1.29 is 19.1 Å². The van der Waals surface area contributed by atoms with Gasteiger partial charge in [-0.15, -0.1) is 0 Å². The molecule has 0 aromatic heterocycles. The van der Waals surface area contributed by atoms with Gasteiger partial charge < -0.3 is 4.74 Å². The largest absolute Gasteiger partial charge is 0.443 e. The Kier molecular flexibility index (Phi) is 3.51. The first-order valence-corrected chi connectivity index (χ1v) is 10.1. The van der Waals surface area contributed by atoms with Gasteiger partial charge in [-0.2, -0.15) is 10.0 Å². The first kappa shape index (κ1) is 17.7. The van der Waals surface area contributed by atoms with Crippen LogP contribution in [0.4, 0.5) is 4.79 Å². The number of cyclic esters (lactones) is 1. The van der Waals surface area contributed by atoms with Crippen LogP contribution in [0.5, 0.6) is 0 Å². The van der Waals surface area contributed by atoms with Crippen LogP contribution in [0.3, 0.4) is 0 Å². The zero-order valence-electron chi connectivity index (χ0n) is 16.5. The number of amides is 3. The molecule has 0 saturated carbocycles. The molecular weight excluding hydrogens is 358 g/mol. The molecule has 3 fully saturated rings. The molecule has 4 heterocycles. The van der Waals surface area contributed by atoms with Crippen molar-refractivity contribution in [3.05, 3.63) is 35.4 Å². The smallest absolute Gasteiger partial charge is 0.412 e. The van der Waals surface area contributed by atoms with Crippen LogP contribution in [0.2, 0.25) is 0 Å². The summed E-state index contributed by atoms with van der Waals surface area (Å²) in [5, 5.41) is 3.14. The molecule has 148 valence electrons. The number of imide groups is 1. The molecule has 4 atom stereocenters. The fraction of sp³-hybridized carbons (Fsp3) is 0.571. The first-order chi connectivity index (χ1) is 13.3. The van der Waals surface area contributed by atoms with Crippen LogP contribution >= 0.6 is 0 Å². The Morgan fingerprint density at radius 3 is 2.32 bits per heavy atom. The summed E-state index contributed by atoms with van der Waals surface area (Å²) in [6, 6.07) is 6.88. The van der Waals surface area contributed by atoms with E-state index in [0.29, 0.717) is 17.5 Å². The zero-order valence-corrected chi connectivity index (χ0v) is 16.5. The Hall–Kier alpha value is -2.41.